The average molecular weight is 404 g/mol. The number of nitrogens with one attached hydrogen (secondary N) is 1. The molecular weight excluding hydrogens is 389 g/mol. The molecule has 2 heterocycles. The van der Waals surface area contributed by atoms with Crippen LogP contribution in [0, 0.1) is 0 Å². The van der Waals surface area contributed by atoms with Gasteiger partial charge in [0.25, 0.3) is 5.91 Å². The Morgan fingerprint density at radius 2 is 1.85 bits per heavy atom. The lowest BCUT2D eigenvalue weighted by Gasteiger charge is -2.13. The van der Waals surface area contributed by atoms with E-state index in [0.717, 1.165) is 36.3 Å². The number of carbonyl (C=O) groups is 1. The standard InChI is InChI=1S/C16H15F3N2O3S2/c17-16(18,19)11-4-3-5-12(8-11)20-15(22)14-9-13(10-25-14)26(23,24)21-6-1-2-7-21/h3-5,8-10H,1-2,6-7H2,(H,20,22). The van der Waals surface area contributed by atoms with Crippen LogP contribution < -0.4 is 5.32 Å². The van der Waals surface area contributed by atoms with Crippen molar-refractivity contribution < 1.29 is 26.4 Å². The number of nitrogens with zero attached hydrogens (tertiary/aromatic N) is 1. The second kappa shape index (κ2) is 7.01. The molecule has 1 N–H and O–H groups in total. The lowest BCUT2D eigenvalue weighted by Crippen LogP contribution is -2.27. The van der Waals surface area contributed by atoms with E-state index in [1.165, 1.54) is 27.9 Å². The van der Waals surface area contributed by atoms with Crippen LogP contribution in [0.1, 0.15) is 28.1 Å². The van der Waals surface area contributed by atoms with Gasteiger partial charge in [0.15, 0.2) is 0 Å². The Kier molecular flexibility index (Phi) is 5.09. The van der Waals surface area contributed by atoms with Crippen molar-refractivity contribution in [1.82, 2.24) is 4.31 Å². The molecule has 1 aliphatic heterocycles. The normalized spacial score (nSPS) is 16.0. The van der Waals surface area contributed by atoms with Crippen molar-refractivity contribution in [2.45, 2.75) is 23.9 Å². The van der Waals surface area contributed by atoms with Crippen molar-refractivity contribution in [3.05, 3.63) is 46.2 Å². The number of hydrogen-bond donors (Lipinski definition) is 1. The summed E-state index contributed by atoms with van der Waals surface area (Å²) in [5, 5.41) is 3.74. The maximum Gasteiger partial charge on any atom is 0.416 e. The summed E-state index contributed by atoms with van der Waals surface area (Å²) in [4.78, 5) is 12.4. The van der Waals surface area contributed by atoms with Gasteiger partial charge in [-0.2, -0.15) is 17.5 Å². The molecule has 1 aromatic heterocycles. The zero-order chi connectivity index (χ0) is 18.9. The van der Waals surface area contributed by atoms with Crippen molar-refractivity contribution in [3.63, 3.8) is 0 Å². The highest BCUT2D eigenvalue weighted by molar-refractivity contribution is 7.89. The van der Waals surface area contributed by atoms with Gasteiger partial charge in [0.2, 0.25) is 10.0 Å². The van der Waals surface area contributed by atoms with Crippen molar-refractivity contribution in [2.75, 3.05) is 18.4 Å². The van der Waals surface area contributed by atoms with E-state index in [2.05, 4.69) is 5.32 Å². The first kappa shape index (κ1) is 18.9. The summed E-state index contributed by atoms with van der Waals surface area (Å²) in [5.41, 5.74) is -0.888. The summed E-state index contributed by atoms with van der Waals surface area (Å²) >= 11 is 0.932. The second-order valence-corrected chi connectivity index (χ2v) is 8.64. The summed E-state index contributed by atoms with van der Waals surface area (Å²) < 4.78 is 64.5. The summed E-state index contributed by atoms with van der Waals surface area (Å²) in [6.45, 7) is 0.897. The molecule has 26 heavy (non-hydrogen) atoms. The molecule has 140 valence electrons. The molecule has 0 saturated carbocycles. The van der Waals surface area contributed by atoms with E-state index in [1.54, 1.807) is 0 Å². The van der Waals surface area contributed by atoms with Crippen molar-refractivity contribution in [1.29, 1.82) is 0 Å². The van der Waals surface area contributed by atoms with Gasteiger partial charge in [-0.25, -0.2) is 8.42 Å². The van der Waals surface area contributed by atoms with Gasteiger partial charge in [0.1, 0.15) is 0 Å². The summed E-state index contributed by atoms with van der Waals surface area (Å²) in [6, 6.07) is 5.51. The largest absolute Gasteiger partial charge is 0.416 e. The number of halogens is 3. The van der Waals surface area contributed by atoms with Gasteiger partial charge in [0, 0.05) is 24.2 Å². The monoisotopic (exact) mass is 404 g/mol. The molecule has 0 bridgehead atoms. The lowest BCUT2D eigenvalue weighted by atomic mass is 10.2. The Bertz CT molecular complexity index is 917. The van der Waals surface area contributed by atoms with Crippen LogP contribution in [0.15, 0.2) is 40.6 Å². The summed E-state index contributed by atoms with van der Waals surface area (Å²) in [6.07, 6.45) is -2.92. The van der Waals surface area contributed by atoms with Crippen LogP contribution in [0.3, 0.4) is 0 Å². The van der Waals surface area contributed by atoms with Crippen LogP contribution in [0.5, 0.6) is 0 Å². The number of hydrogen-bond acceptors (Lipinski definition) is 4. The van der Waals surface area contributed by atoms with Crippen LogP contribution in [0.2, 0.25) is 0 Å². The molecular formula is C16H15F3N2O3S2. The number of carbonyl (C=O) groups excluding carboxylic acids is 1. The number of rotatable bonds is 4. The van der Waals surface area contributed by atoms with Gasteiger partial charge >= 0.3 is 6.18 Å². The smallest absolute Gasteiger partial charge is 0.321 e. The molecule has 2 aromatic rings. The zero-order valence-corrected chi connectivity index (χ0v) is 15.0. The minimum absolute atomic E-state index is 0.0119. The first-order valence-corrected chi connectivity index (χ1v) is 10.1. The third-order valence-corrected chi connectivity index (χ3v) is 6.90. The van der Waals surface area contributed by atoms with Crippen molar-refractivity contribution in [2.24, 2.45) is 0 Å². The van der Waals surface area contributed by atoms with Gasteiger partial charge in [-0.15, -0.1) is 11.3 Å². The Morgan fingerprint density at radius 3 is 2.50 bits per heavy atom. The predicted molar refractivity (Wildman–Crippen MR) is 91.7 cm³/mol. The number of amides is 1. The minimum atomic E-state index is -4.51. The molecule has 1 aromatic carbocycles. The predicted octanol–water partition coefficient (Wildman–Crippen LogP) is 3.80. The summed E-state index contributed by atoms with van der Waals surface area (Å²) in [5.74, 6) is -0.655. The zero-order valence-electron chi connectivity index (χ0n) is 13.4. The molecule has 5 nitrogen and oxygen atoms in total. The maximum atomic E-state index is 12.7. The number of thiophene rings is 1. The molecule has 0 aliphatic carbocycles. The molecule has 1 aliphatic rings. The van der Waals surface area contributed by atoms with Crippen molar-refractivity contribution in [3.8, 4) is 0 Å². The molecule has 10 heteroatoms. The molecule has 3 rings (SSSR count). The Labute approximate surface area is 152 Å². The Balaban J connectivity index is 1.77. The summed E-state index contributed by atoms with van der Waals surface area (Å²) in [7, 11) is -3.64. The highest BCUT2D eigenvalue weighted by Gasteiger charge is 2.31. The third kappa shape index (κ3) is 3.92. The third-order valence-electron chi connectivity index (χ3n) is 3.95. The molecule has 0 spiro atoms. The number of benzene rings is 1. The number of anilines is 1. The topological polar surface area (TPSA) is 66.5 Å². The SMILES string of the molecule is O=C(Nc1cccc(C(F)(F)F)c1)c1cc(S(=O)(=O)N2CCCC2)cs1. The first-order valence-electron chi connectivity index (χ1n) is 7.75. The Morgan fingerprint density at radius 1 is 1.15 bits per heavy atom. The quantitative estimate of drug-likeness (QED) is 0.843. The second-order valence-electron chi connectivity index (χ2n) is 5.79. The van der Waals surface area contributed by atoms with Crippen LogP contribution >= 0.6 is 11.3 Å². The van der Waals surface area contributed by atoms with E-state index in [0.29, 0.717) is 13.1 Å². The highest BCUT2D eigenvalue weighted by Crippen LogP contribution is 2.31. The fraction of sp³-hybridized carbons (Fsp3) is 0.312. The van der Waals surface area contributed by atoms with E-state index in [4.69, 9.17) is 0 Å². The first-order chi connectivity index (χ1) is 12.2. The average Bonchev–Trinajstić information content (AvgIpc) is 3.26. The van der Waals surface area contributed by atoms with Crippen LogP contribution in [0.4, 0.5) is 18.9 Å². The molecule has 0 radical (unpaired) electrons. The van der Waals surface area contributed by atoms with Gasteiger partial charge in [-0.05, 0) is 37.1 Å². The lowest BCUT2D eigenvalue weighted by molar-refractivity contribution is -0.137. The minimum Gasteiger partial charge on any atom is -0.321 e. The van der Waals surface area contributed by atoms with Gasteiger partial charge < -0.3 is 5.32 Å². The van der Waals surface area contributed by atoms with Crippen molar-refractivity contribution >= 4 is 33.0 Å². The fourth-order valence-electron chi connectivity index (χ4n) is 2.62. The van der Waals surface area contributed by atoms with E-state index < -0.39 is 27.7 Å². The molecule has 0 unspecified atom stereocenters. The molecule has 1 amide bonds. The van der Waals surface area contributed by atoms with Gasteiger partial charge in [0.05, 0.1) is 15.3 Å². The van der Waals surface area contributed by atoms with Gasteiger partial charge in [-0.3, -0.25) is 4.79 Å². The van der Waals surface area contributed by atoms with Crippen LogP contribution in [0.25, 0.3) is 0 Å². The van der Waals surface area contributed by atoms with E-state index in [9.17, 15) is 26.4 Å². The maximum absolute atomic E-state index is 12.7. The van der Waals surface area contributed by atoms with Crippen LogP contribution in [-0.4, -0.2) is 31.7 Å². The number of alkyl halides is 3. The molecule has 1 saturated heterocycles. The molecule has 0 atom stereocenters. The van der Waals surface area contributed by atoms with Gasteiger partial charge in [-0.1, -0.05) is 6.07 Å². The van der Waals surface area contributed by atoms with Crippen LogP contribution in [-0.2, 0) is 16.2 Å². The van der Waals surface area contributed by atoms with E-state index in [-0.39, 0.29) is 15.5 Å². The highest BCUT2D eigenvalue weighted by atomic mass is 32.2. The van der Waals surface area contributed by atoms with E-state index >= 15 is 0 Å². The van der Waals surface area contributed by atoms with E-state index in [1.807, 2.05) is 0 Å². The number of sulfonamides is 1. The Hall–Kier alpha value is -1.91. The fourth-order valence-corrected chi connectivity index (χ4v) is 5.29. The molecule has 1 fully saturated rings.